The first-order valence-electron chi connectivity index (χ1n) is 7.55. The normalized spacial score (nSPS) is 19.3. The maximum atomic E-state index is 5.54. The van der Waals surface area contributed by atoms with Crippen molar-refractivity contribution in [3.05, 3.63) is 30.6 Å². The van der Waals surface area contributed by atoms with E-state index in [2.05, 4.69) is 15.7 Å². The van der Waals surface area contributed by atoms with E-state index in [0.29, 0.717) is 5.54 Å². The van der Waals surface area contributed by atoms with Crippen LogP contribution in [0.2, 0.25) is 0 Å². The molecule has 0 unspecified atom stereocenters. The largest absolute Gasteiger partial charge is 0.496 e. The summed E-state index contributed by atoms with van der Waals surface area (Å²) < 4.78 is 13.5. The SMILES string of the molecule is COc1cccc(OC)c1-c1nccn1C1(C2CC2)CC1. The number of methoxy groups -OCH3 is 2. The highest BCUT2D eigenvalue weighted by atomic mass is 16.5. The van der Waals surface area contributed by atoms with E-state index in [9.17, 15) is 0 Å². The summed E-state index contributed by atoms with van der Waals surface area (Å²) in [6.45, 7) is 0. The standard InChI is InChI=1S/C17H20N2O2/c1-20-13-4-3-5-14(21-2)15(13)16-18-10-11-19(16)17(8-9-17)12-6-7-12/h3-5,10-12H,6-9H2,1-2H3. The molecule has 1 aromatic heterocycles. The number of benzene rings is 1. The summed E-state index contributed by atoms with van der Waals surface area (Å²) >= 11 is 0. The van der Waals surface area contributed by atoms with Crippen molar-refractivity contribution in [3.63, 3.8) is 0 Å². The molecule has 2 fully saturated rings. The van der Waals surface area contributed by atoms with E-state index in [1.165, 1.54) is 25.7 Å². The van der Waals surface area contributed by atoms with Gasteiger partial charge in [0.1, 0.15) is 22.9 Å². The molecule has 2 aliphatic carbocycles. The third-order valence-corrected chi connectivity index (χ3v) is 4.87. The average molecular weight is 284 g/mol. The highest BCUT2D eigenvalue weighted by molar-refractivity contribution is 5.72. The molecular weight excluding hydrogens is 264 g/mol. The Morgan fingerprint density at radius 2 is 1.81 bits per heavy atom. The Kier molecular flexibility index (Phi) is 2.74. The molecule has 4 rings (SSSR count). The van der Waals surface area contributed by atoms with Gasteiger partial charge in [-0.15, -0.1) is 0 Å². The Hall–Kier alpha value is -1.97. The molecule has 0 aliphatic heterocycles. The zero-order chi connectivity index (χ0) is 14.4. The Morgan fingerprint density at radius 3 is 2.33 bits per heavy atom. The summed E-state index contributed by atoms with van der Waals surface area (Å²) in [5.41, 5.74) is 1.26. The maximum absolute atomic E-state index is 5.54. The second-order valence-corrected chi connectivity index (χ2v) is 6.04. The average Bonchev–Trinajstić information content (AvgIpc) is 3.43. The van der Waals surface area contributed by atoms with E-state index in [4.69, 9.17) is 9.47 Å². The second-order valence-electron chi connectivity index (χ2n) is 6.04. The van der Waals surface area contributed by atoms with Crippen LogP contribution in [0.4, 0.5) is 0 Å². The molecular formula is C17H20N2O2. The number of hydrogen-bond donors (Lipinski definition) is 0. The van der Waals surface area contributed by atoms with E-state index in [-0.39, 0.29) is 0 Å². The molecule has 1 aromatic carbocycles. The predicted molar refractivity (Wildman–Crippen MR) is 80.7 cm³/mol. The van der Waals surface area contributed by atoms with Gasteiger partial charge < -0.3 is 14.0 Å². The summed E-state index contributed by atoms with van der Waals surface area (Å²) in [5.74, 6) is 3.42. The molecule has 0 amide bonds. The third kappa shape index (κ3) is 1.85. The predicted octanol–water partition coefficient (Wildman–Crippen LogP) is 3.47. The first-order valence-corrected chi connectivity index (χ1v) is 7.55. The van der Waals surface area contributed by atoms with E-state index < -0.39 is 0 Å². The molecule has 110 valence electrons. The van der Waals surface area contributed by atoms with Crippen molar-refractivity contribution in [1.82, 2.24) is 9.55 Å². The molecule has 2 aromatic rings. The highest BCUT2D eigenvalue weighted by Crippen LogP contribution is 2.60. The van der Waals surface area contributed by atoms with Crippen molar-refractivity contribution in [3.8, 4) is 22.9 Å². The van der Waals surface area contributed by atoms with Crippen molar-refractivity contribution < 1.29 is 9.47 Å². The van der Waals surface area contributed by atoms with Gasteiger partial charge in [-0.05, 0) is 43.7 Å². The fourth-order valence-electron chi connectivity index (χ4n) is 3.51. The first-order chi connectivity index (χ1) is 10.3. The minimum absolute atomic E-state index is 0.303. The topological polar surface area (TPSA) is 36.3 Å². The van der Waals surface area contributed by atoms with Crippen LogP contribution < -0.4 is 9.47 Å². The smallest absolute Gasteiger partial charge is 0.147 e. The molecule has 4 nitrogen and oxygen atoms in total. The quantitative estimate of drug-likeness (QED) is 0.843. The lowest BCUT2D eigenvalue weighted by molar-refractivity contribution is 0.392. The minimum Gasteiger partial charge on any atom is -0.496 e. The summed E-state index contributed by atoms with van der Waals surface area (Å²) in [4.78, 5) is 4.62. The number of hydrogen-bond acceptors (Lipinski definition) is 3. The molecule has 2 saturated carbocycles. The minimum atomic E-state index is 0.303. The van der Waals surface area contributed by atoms with Crippen LogP contribution in [0.3, 0.4) is 0 Å². The van der Waals surface area contributed by atoms with E-state index in [0.717, 1.165) is 28.8 Å². The molecule has 4 heteroatoms. The van der Waals surface area contributed by atoms with Gasteiger partial charge >= 0.3 is 0 Å². The van der Waals surface area contributed by atoms with Gasteiger partial charge in [-0.3, -0.25) is 0 Å². The molecule has 1 heterocycles. The fraction of sp³-hybridized carbons (Fsp3) is 0.471. The van der Waals surface area contributed by atoms with Crippen molar-refractivity contribution in [2.45, 2.75) is 31.2 Å². The van der Waals surface area contributed by atoms with Crippen molar-refractivity contribution in [1.29, 1.82) is 0 Å². The van der Waals surface area contributed by atoms with Gasteiger partial charge in [0.05, 0.1) is 14.2 Å². The fourth-order valence-corrected chi connectivity index (χ4v) is 3.51. The van der Waals surface area contributed by atoms with Crippen molar-refractivity contribution in [2.75, 3.05) is 14.2 Å². The Bertz CT molecular complexity index is 647. The number of imidazole rings is 1. The van der Waals surface area contributed by atoms with Gasteiger partial charge in [-0.1, -0.05) is 6.07 Å². The van der Waals surface area contributed by atoms with Gasteiger partial charge in [0, 0.05) is 17.9 Å². The highest BCUT2D eigenvalue weighted by Gasteiger charge is 2.56. The molecule has 21 heavy (non-hydrogen) atoms. The van der Waals surface area contributed by atoms with Gasteiger partial charge in [0.2, 0.25) is 0 Å². The zero-order valence-corrected chi connectivity index (χ0v) is 12.5. The van der Waals surface area contributed by atoms with Gasteiger partial charge in [0.25, 0.3) is 0 Å². The molecule has 0 atom stereocenters. The van der Waals surface area contributed by atoms with Gasteiger partial charge in [0.15, 0.2) is 0 Å². The van der Waals surface area contributed by atoms with Gasteiger partial charge in [-0.2, -0.15) is 0 Å². The summed E-state index contributed by atoms with van der Waals surface area (Å²) in [6, 6.07) is 5.88. The molecule has 0 N–H and O–H groups in total. The number of ether oxygens (including phenoxy) is 2. The zero-order valence-electron chi connectivity index (χ0n) is 12.5. The van der Waals surface area contributed by atoms with Crippen LogP contribution >= 0.6 is 0 Å². The number of nitrogens with zero attached hydrogens (tertiary/aromatic N) is 2. The van der Waals surface area contributed by atoms with Crippen LogP contribution in [0.15, 0.2) is 30.6 Å². The Morgan fingerprint density at radius 1 is 1.14 bits per heavy atom. The maximum Gasteiger partial charge on any atom is 0.147 e. The van der Waals surface area contributed by atoms with Crippen molar-refractivity contribution in [2.24, 2.45) is 5.92 Å². The lowest BCUT2D eigenvalue weighted by Crippen LogP contribution is -2.20. The van der Waals surface area contributed by atoms with Crippen LogP contribution in [0, 0.1) is 5.92 Å². The molecule has 0 radical (unpaired) electrons. The molecule has 2 aliphatic rings. The van der Waals surface area contributed by atoms with Crippen molar-refractivity contribution >= 4 is 0 Å². The lowest BCUT2D eigenvalue weighted by Gasteiger charge is -2.21. The van der Waals surface area contributed by atoms with Crippen LogP contribution in [-0.4, -0.2) is 23.8 Å². The van der Waals surface area contributed by atoms with Gasteiger partial charge in [-0.25, -0.2) is 4.98 Å². The third-order valence-electron chi connectivity index (χ3n) is 4.87. The monoisotopic (exact) mass is 284 g/mol. The summed E-state index contributed by atoms with van der Waals surface area (Å²) in [6.07, 6.45) is 9.23. The Labute approximate surface area is 124 Å². The molecule has 0 spiro atoms. The van der Waals surface area contributed by atoms with Crippen LogP contribution in [0.5, 0.6) is 11.5 Å². The number of aromatic nitrogens is 2. The number of rotatable bonds is 5. The second kappa shape index (κ2) is 4.52. The summed E-state index contributed by atoms with van der Waals surface area (Å²) in [7, 11) is 3.39. The van der Waals surface area contributed by atoms with Crippen LogP contribution in [0.1, 0.15) is 25.7 Å². The van der Waals surface area contributed by atoms with Crippen LogP contribution in [0.25, 0.3) is 11.4 Å². The van der Waals surface area contributed by atoms with E-state index in [1.807, 2.05) is 24.4 Å². The first kappa shape index (κ1) is 12.7. The molecule has 0 saturated heterocycles. The van der Waals surface area contributed by atoms with E-state index >= 15 is 0 Å². The summed E-state index contributed by atoms with van der Waals surface area (Å²) in [5, 5.41) is 0. The van der Waals surface area contributed by atoms with Crippen LogP contribution in [-0.2, 0) is 5.54 Å². The Balaban J connectivity index is 1.87. The van der Waals surface area contributed by atoms with E-state index in [1.54, 1.807) is 14.2 Å². The molecule has 0 bridgehead atoms. The lowest BCUT2D eigenvalue weighted by atomic mass is 10.1.